The van der Waals surface area contributed by atoms with E-state index in [1.807, 2.05) is 11.6 Å². The van der Waals surface area contributed by atoms with Gasteiger partial charge in [-0.1, -0.05) is 11.6 Å². The van der Waals surface area contributed by atoms with E-state index in [4.69, 9.17) is 16.7 Å². The number of aliphatic hydroxyl groups is 1. The van der Waals surface area contributed by atoms with Gasteiger partial charge in [-0.3, -0.25) is 4.68 Å². The summed E-state index contributed by atoms with van der Waals surface area (Å²) < 4.78 is 1.94. The zero-order chi connectivity index (χ0) is 10.6. The minimum absolute atomic E-state index is 0.247. The van der Waals surface area contributed by atoms with Crippen molar-refractivity contribution in [1.82, 2.24) is 9.78 Å². The van der Waals surface area contributed by atoms with E-state index in [1.54, 1.807) is 0 Å². The predicted molar refractivity (Wildman–Crippen MR) is 57.7 cm³/mol. The molecule has 0 aliphatic carbocycles. The lowest BCUT2D eigenvalue weighted by Crippen LogP contribution is -2.03. The van der Waals surface area contributed by atoms with Gasteiger partial charge < -0.3 is 5.11 Å². The molecule has 1 aromatic rings. The van der Waals surface area contributed by atoms with Crippen LogP contribution in [0.3, 0.4) is 0 Å². The Bertz CT molecular complexity index is 297. The van der Waals surface area contributed by atoms with E-state index >= 15 is 0 Å². The van der Waals surface area contributed by atoms with Crippen LogP contribution in [0, 0.1) is 6.92 Å². The number of halogens is 1. The summed E-state index contributed by atoms with van der Waals surface area (Å²) in [7, 11) is 0. The average Bonchev–Trinajstić information content (AvgIpc) is 2.45. The standard InChI is InChI=1S/C10H17ClN2O/c1-3-13-9(6-4-5-7-14)10(11)8(2)12-13/h14H,3-7H2,1-2H3. The Balaban J connectivity index is 2.72. The SMILES string of the molecule is CCn1nc(C)c(Cl)c1CCCCO. The fourth-order valence-electron chi connectivity index (χ4n) is 1.51. The number of nitrogens with zero attached hydrogens (tertiary/aromatic N) is 2. The lowest BCUT2D eigenvalue weighted by molar-refractivity contribution is 0.284. The molecule has 0 aromatic carbocycles. The van der Waals surface area contributed by atoms with E-state index in [0.717, 1.165) is 42.2 Å². The molecule has 1 aromatic heterocycles. The molecular formula is C10H17ClN2O. The molecule has 1 rings (SSSR count). The Kier molecular flexibility index (Phi) is 4.42. The summed E-state index contributed by atoms with van der Waals surface area (Å²) in [4.78, 5) is 0. The summed E-state index contributed by atoms with van der Waals surface area (Å²) in [5, 5.41) is 13.8. The zero-order valence-electron chi connectivity index (χ0n) is 8.76. The number of hydrogen-bond donors (Lipinski definition) is 1. The van der Waals surface area contributed by atoms with Gasteiger partial charge in [-0.2, -0.15) is 5.10 Å². The van der Waals surface area contributed by atoms with Gasteiger partial charge in [-0.25, -0.2) is 0 Å². The first-order valence-electron chi connectivity index (χ1n) is 5.03. The van der Waals surface area contributed by atoms with Gasteiger partial charge in [0.2, 0.25) is 0 Å². The van der Waals surface area contributed by atoms with Crippen LogP contribution in [0.4, 0.5) is 0 Å². The first-order valence-corrected chi connectivity index (χ1v) is 5.41. The van der Waals surface area contributed by atoms with Crippen molar-refractivity contribution in [2.24, 2.45) is 0 Å². The van der Waals surface area contributed by atoms with Crippen molar-refractivity contribution < 1.29 is 5.11 Å². The van der Waals surface area contributed by atoms with Gasteiger partial charge in [0.15, 0.2) is 0 Å². The van der Waals surface area contributed by atoms with Crippen molar-refractivity contribution in [3.63, 3.8) is 0 Å². The molecule has 0 saturated heterocycles. The number of unbranched alkanes of at least 4 members (excludes halogenated alkanes) is 1. The van der Waals surface area contributed by atoms with Crippen LogP contribution in [-0.2, 0) is 13.0 Å². The number of aliphatic hydroxyl groups excluding tert-OH is 1. The molecule has 0 atom stereocenters. The van der Waals surface area contributed by atoms with Crippen LogP contribution in [0.2, 0.25) is 5.02 Å². The highest BCUT2D eigenvalue weighted by molar-refractivity contribution is 6.31. The summed E-state index contributed by atoms with van der Waals surface area (Å²) in [6.07, 6.45) is 2.68. The van der Waals surface area contributed by atoms with E-state index in [9.17, 15) is 0 Å². The molecule has 0 aliphatic heterocycles. The minimum Gasteiger partial charge on any atom is -0.396 e. The lowest BCUT2D eigenvalue weighted by atomic mass is 10.2. The number of rotatable bonds is 5. The maximum atomic E-state index is 8.69. The van der Waals surface area contributed by atoms with Crippen LogP contribution in [0.25, 0.3) is 0 Å². The number of aromatic nitrogens is 2. The molecule has 0 unspecified atom stereocenters. The van der Waals surface area contributed by atoms with Crippen LogP contribution in [0.5, 0.6) is 0 Å². The van der Waals surface area contributed by atoms with E-state index in [2.05, 4.69) is 12.0 Å². The molecule has 80 valence electrons. The molecule has 4 heteroatoms. The third kappa shape index (κ3) is 2.49. The fraction of sp³-hybridized carbons (Fsp3) is 0.700. The maximum absolute atomic E-state index is 8.69. The van der Waals surface area contributed by atoms with E-state index in [0.29, 0.717) is 0 Å². The summed E-state index contributed by atoms with van der Waals surface area (Å²) in [6, 6.07) is 0. The highest BCUT2D eigenvalue weighted by Gasteiger charge is 2.11. The molecule has 14 heavy (non-hydrogen) atoms. The van der Waals surface area contributed by atoms with E-state index < -0.39 is 0 Å². The van der Waals surface area contributed by atoms with E-state index in [1.165, 1.54) is 0 Å². The van der Waals surface area contributed by atoms with Crippen LogP contribution in [-0.4, -0.2) is 21.5 Å². The summed E-state index contributed by atoms with van der Waals surface area (Å²) >= 11 is 6.13. The van der Waals surface area contributed by atoms with E-state index in [-0.39, 0.29) is 6.61 Å². The van der Waals surface area contributed by atoms with Crippen molar-refractivity contribution in [1.29, 1.82) is 0 Å². The Labute approximate surface area is 89.7 Å². The Morgan fingerprint density at radius 1 is 1.43 bits per heavy atom. The lowest BCUT2D eigenvalue weighted by Gasteiger charge is -2.04. The third-order valence-electron chi connectivity index (χ3n) is 2.27. The quantitative estimate of drug-likeness (QED) is 0.767. The highest BCUT2D eigenvalue weighted by atomic mass is 35.5. The number of aryl methyl sites for hydroxylation is 2. The molecule has 3 nitrogen and oxygen atoms in total. The number of hydrogen-bond acceptors (Lipinski definition) is 2. The van der Waals surface area contributed by atoms with Gasteiger partial charge in [0.05, 0.1) is 16.4 Å². The Morgan fingerprint density at radius 2 is 2.14 bits per heavy atom. The van der Waals surface area contributed by atoms with Crippen LogP contribution >= 0.6 is 11.6 Å². The van der Waals surface area contributed by atoms with Crippen LogP contribution in [0.1, 0.15) is 31.2 Å². The second-order valence-electron chi connectivity index (χ2n) is 3.34. The summed E-state index contributed by atoms with van der Waals surface area (Å²) in [6.45, 7) is 5.07. The van der Waals surface area contributed by atoms with Gasteiger partial charge in [0.1, 0.15) is 0 Å². The first kappa shape index (κ1) is 11.5. The highest BCUT2D eigenvalue weighted by Crippen LogP contribution is 2.21. The largest absolute Gasteiger partial charge is 0.396 e. The molecule has 0 radical (unpaired) electrons. The molecule has 0 fully saturated rings. The van der Waals surface area contributed by atoms with Crippen molar-refractivity contribution in [3.05, 3.63) is 16.4 Å². The molecular weight excluding hydrogens is 200 g/mol. The van der Waals surface area contributed by atoms with Gasteiger partial charge in [0.25, 0.3) is 0 Å². The van der Waals surface area contributed by atoms with Crippen LogP contribution in [0.15, 0.2) is 0 Å². The van der Waals surface area contributed by atoms with Crippen molar-refractivity contribution in [3.8, 4) is 0 Å². The Hall–Kier alpha value is -0.540. The summed E-state index contributed by atoms with van der Waals surface area (Å²) in [5.41, 5.74) is 1.99. The zero-order valence-corrected chi connectivity index (χ0v) is 9.51. The van der Waals surface area contributed by atoms with Crippen molar-refractivity contribution in [2.45, 2.75) is 39.7 Å². The maximum Gasteiger partial charge on any atom is 0.0847 e. The van der Waals surface area contributed by atoms with Gasteiger partial charge in [-0.05, 0) is 33.1 Å². The Morgan fingerprint density at radius 3 is 2.71 bits per heavy atom. The molecule has 0 amide bonds. The average molecular weight is 217 g/mol. The van der Waals surface area contributed by atoms with Gasteiger partial charge >= 0.3 is 0 Å². The molecule has 0 spiro atoms. The molecule has 0 saturated carbocycles. The van der Waals surface area contributed by atoms with Crippen LogP contribution < -0.4 is 0 Å². The topological polar surface area (TPSA) is 38.0 Å². The van der Waals surface area contributed by atoms with Crippen molar-refractivity contribution in [2.75, 3.05) is 6.61 Å². The van der Waals surface area contributed by atoms with Crippen molar-refractivity contribution >= 4 is 11.6 Å². The van der Waals surface area contributed by atoms with Gasteiger partial charge in [-0.15, -0.1) is 0 Å². The summed E-state index contributed by atoms with van der Waals surface area (Å²) in [5.74, 6) is 0. The monoisotopic (exact) mass is 216 g/mol. The molecule has 0 aliphatic rings. The fourth-order valence-corrected chi connectivity index (χ4v) is 1.74. The first-order chi connectivity index (χ1) is 6.70. The molecule has 1 heterocycles. The molecule has 0 bridgehead atoms. The normalized spacial score (nSPS) is 10.9. The molecule has 1 N–H and O–H groups in total. The third-order valence-corrected chi connectivity index (χ3v) is 2.77. The predicted octanol–water partition coefficient (Wildman–Crippen LogP) is 2.18. The second-order valence-corrected chi connectivity index (χ2v) is 3.72. The smallest absolute Gasteiger partial charge is 0.0847 e. The van der Waals surface area contributed by atoms with Gasteiger partial charge in [0, 0.05) is 13.2 Å². The minimum atomic E-state index is 0.247. The second kappa shape index (κ2) is 5.37.